The first-order valence-corrected chi connectivity index (χ1v) is 3.32. The Kier molecular flexibility index (Phi) is 8.29. The topological polar surface area (TPSA) is 83.5 Å². The standard InChI is InChI=1S/C6H14N2.H2O.Pt/c7-5-3-1-2-4-6(5)8;;/h5-6H,1-4,7-8H2;1H2;/t5-,6+;;. The van der Waals surface area contributed by atoms with Gasteiger partial charge in [-0.05, 0) is 12.8 Å². The van der Waals surface area contributed by atoms with Crippen LogP contribution in [-0.4, -0.2) is 17.6 Å². The summed E-state index contributed by atoms with van der Waals surface area (Å²) in [6, 6.07) is 0.562. The first-order valence-electron chi connectivity index (χ1n) is 3.32. The summed E-state index contributed by atoms with van der Waals surface area (Å²) in [6.45, 7) is 0. The summed E-state index contributed by atoms with van der Waals surface area (Å²) < 4.78 is 0. The van der Waals surface area contributed by atoms with Gasteiger partial charge < -0.3 is 16.9 Å². The molecule has 1 fully saturated rings. The Hall–Kier alpha value is 0.568. The maximum Gasteiger partial charge on any atom is 0.0192 e. The minimum absolute atomic E-state index is 0. The summed E-state index contributed by atoms with van der Waals surface area (Å²) in [6.07, 6.45) is 4.80. The van der Waals surface area contributed by atoms with Crippen molar-refractivity contribution in [2.45, 2.75) is 37.8 Å². The van der Waals surface area contributed by atoms with E-state index >= 15 is 0 Å². The van der Waals surface area contributed by atoms with Gasteiger partial charge in [0.1, 0.15) is 0 Å². The molecule has 0 heterocycles. The normalized spacial score (nSPS) is 31.8. The molecule has 0 aromatic rings. The fourth-order valence-corrected chi connectivity index (χ4v) is 1.19. The van der Waals surface area contributed by atoms with Crippen LogP contribution in [0.25, 0.3) is 0 Å². The largest absolute Gasteiger partial charge is 0.412 e. The summed E-state index contributed by atoms with van der Waals surface area (Å²) in [4.78, 5) is 0. The predicted molar refractivity (Wildman–Crippen MR) is 38.0 cm³/mol. The van der Waals surface area contributed by atoms with E-state index in [4.69, 9.17) is 11.5 Å². The van der Waals surface area contributed by atoms with Crippen molar-refractivity contribution in [3.8, 4) is 0 Å². The van der Waals surface area contributed by atoms with Gasteiger partial charge in [-0.3, -0.25) is 0 Å². The number of hydrogen-bond donors (Lipinski definition) is 2. The molecule has 0 aromatic carbocycles. The van der Waals surface area contributed by atoms with E-state index in [1.54, 1.807) is 0 Å². The number of nitrogens with two attached hydrogens (primary N) is 2. The molecule has 1 saturated carbocycles. The van der Waals surface area contributed by atoms with Gasteiger partial charge in [0.25, 0.3) is 0 Å². The fourth-order valence-electron chi connectivity index (χ4n) is 1.19. The Labute approximate surface area is 76.1 Å². The molecule has 0 radical (unpaired) electrons. The average Bonchev–Trinajstić information content (AvgIpc) is 1.77. The van der Waals surface area contributed by atoms with Crippen molar-refractivity contribution in [3.05, 3.63) is 0 Å². The molecule has 1 aliphatic rings. The molecule has 0 amide bonds. The van der Waals surface area contributed by atoms with E-state index in [1.807, 2.05) is 0 Å². The molecule has 6 N–H and O–H groups in total. The molecule has 0 unspecified atom stereocenters. The van der Waals surface area contributed by atoms with Gasteiger partial charge >= 0.3 is 0 Å². The summed E-state index contributed by atoms with van der Waals surface area (Å²) in [7, 11) is 0. The van der Waals surface area contributed by atoms with Crippen molar-refractivity contribution in [2.75, 3.05) is 0 Å². The van der Waals surface area contributed by atoms with Gasteiger partial charge in [0, 0.05) is 33.1 Å². The second-order valence-corrected chi connectivity index (χ2v) is 2.61. The molecule has 0 aromatic heterocycles. The zero-order chi connectivity index (χ0) is 5.98. The molecule has 0 bridgehead atoms. The van der Waals surface area contributed by atoms with Gasteiger partial charge in [-0.1, -0.05) is 12.8 Å². The van der Waals surface area contributed by atoms with Crippen molar-refractivity contribution < 1.29 is 26.5 Å². The van der Waals surface area contributed by atoms with Crippen LogP contribution in [-0.2, 0) is 21.1 Å². The zero-order valence-corrected chi connectivity index (χ0v) is 8.23. The molecule has 1 rings (SSSR count). The minimum atomic E-state index is 0. The molecule has 0 aliphatic heterocycles. The van der Waals surface area contributed by atoms with Crippen molar-refractivity contribution in [3.63, 3.8) is 0 Å². The fraction of sp³-hybridized carbons (Fsp3) is 1.00. The van der Waals surface area contributed by atoms with Crippen molar-refractivity contribution in [2.24, 2.45) is 11.5 Å². The smallest absolute Gasteiger partial charge is 0.0192 e. The van der Waals surface area contributed by atoms with Crippen LogP contribution >= 0.6 is 0 Å². The van der Waals surface area contributed by atoms with E-state index in [-0.39, 0.29) is 38.6 Å². The third-order valence-electron chi connectivity index (χ3n) is 1.87. The van der Waals surface area contributed by atoms with Crippen LogP contribution in [0, 0.1) is 0 Å². The van der Waals surface area contributed by atoms with Gasteiger partial charge in [0.05, 0.1) is 0 Å². The minimum Gasteiger partial charge on any atom is -0.412 e. The van der Waals surface area contributed by atoms with Crippen LogP contribution in [0.5, 0.6) is 0 Å². The van der Waals surface area contributed by atoms with Gasteiger partial charge in [-0.25, -0.2) is 0 Å². The van der Waals surface area contributed by atoms with Crippen molar-refractivity contribution >= 4 is 0 Å². The van der Waals surface area contributed by atoms with E-state index in [0.717, 1.165) is 12.8 Å². The van der Waals surface area contributed by atoms with Gasteiger partial charge in [0.2, 0.25) is 0 Å². The quantitative estimate of drug-likeness (QED) is 0.622. The van der Waals surface area contributed by atoms with E-state index in [9.17, 15) is 0 Å². The molecular formula is C6H16N2OPt. The van der Waals surface area contributed by atoms with Crippen molar-refractivity contribution in [1.82, 2.24) is 0 Å². The van der Waals surface area contributed by atoms with E-state index in [1.165, 1.54) is 12.8 Å². The average molecular weight is 327 g/mol. The molecule has 4 heteroatoms. The third kappa shape index (κ3) is 3.67. The maximum atomic E-state index is 5.65. The molecule has 66 valence electrons. The Bertz CT molecular complexity index is 72.1. The van der Waals surface area contributed by atoms with Crippen LogP contribution in [0.15, 0.2) is 0 Å². The van der Waals surface area contributed by atoms with Gasteiger partial charge in [0.15, 0.2) is 0 Å². The molecule has 3 nitrogen and oxygen atoms in total. The second-order valence-electron chi connectivity index (χ2n) is 2.61. The molecule has 0 saturated heterocycles. The summed E-state index contributed by atoms with van der Waals surface area (Å²) >= 11 is 0. The summed E-state index contributed by atoms with van der Waals surface area (Å²) in [5, 5.41) is 0. The molecule has 2 atom stereocenters. The summed E-state index contributed by atoms with van der Waals surface area (Å²) in [5.41, 5.74) is 11.3. The first-order chi connectivity index (χ1) is 3.80. The number of rotatable bonds is 0. The predicted octanol–water partition coefficient (Wildman–Crippen LogP) is -0.612. The zero-order valence-electron chi connectivity index (χ0n) is 5.95. The molecule has 0 spiro atoms. The third-order valence-corrected chi connectivity index (χ3v) is 1.87. The van der Waals surface area contributed by atoms with E-state index < -0.39 is 0 Å². The van der Waals surface area contributed by atoms with Crippen LogP contribution in [0.4, 0.5) is 0 Å². The van der Waals surface area contributed by atoms with Gasteiger partial charge in [-0.15, -0.1) is 0 Å². The molecular weight excluding hydrogens is 311 g/mol. The Morgan fingerprint density at radius 2 is 1.20 bits per heavy atom. The Balaban J connectivity index is 0. The number of hydrogen-bond acceptors (Lipinski definition) is 2. The van der Waals surface area contributed by atoms with Crippen LogP contribution < -0.4 is 11.5 Å². The SMILES string of the molecule is N[C@@H]1CCCC[C@@H]1N.O.[Pt]. The van der Waals surface area contributed by atoms with Gasteiger partial charge in [-0.2, -0.15) is 0 Å². The van der Waals surface area contributed by atoms with Crippen LogP contribution in [0.2, 0.25) is 0 Å². The van der Waals surface area contributed by atoms with E-state index in [0.29, 0.717) is 0 Å². The second kappa shape index (κ2) is 6.29. The Morgan fingerprint density at radius 3 is 1.40 bits per heavy atom. The maximum absolute atomic E-state index is 5.65. The molecule has 10 heavy (non-hydrogen) atoms. The Morgan fingerprint density at radius 1 is 0.900 bits per heavy atom. The van der Waals surface area contributed by atoms with E-state index in [2.05, 4.69) is 0 Å². The van der Waals surface area contributed by atoms with Crippen LogP contribution in [0.3, 0.4) is 0 Å². The first kappa shape index (κ1) is 13.2. The monoisotopic (exact) mass is 327 g/mol. The van der Waals surface area contributed by atoms with Crippen molar-refractivity contribution in [1.29, 1.82) is 0 Å². The molecule has 1 aliphatic carbocycles. The van der Waals surface area contributed by atoms with Crippen LogP contribution in [0.1, 0.15) is 25.7 Å². The summed E-state index contributed by atoms with van der Waals surface area (Å²) in [5.74, 6) is 0.